The summed E-state index contributed by atoms with van der Waals surface area (Å²) < 4.78 is 5.29. The van der Waals surface area contributed by atoms with Gasteiger partial charge in [0.05, 0.1) is 12.8 Å². The van der Waals surface area contributed by atoms with E-state index in [1.54, 1.807) is 19.1 Å². The Labute approximate surface area is 169 Å². The SMILES string of the molecule is COc1cc(Cl)c(C)cc1NC(=O)[C@H](C)Nc1ccc(NC(=O)C2CC2)cc1. The van der Waals surface area contributed by atoms with Crippen molar-refractivity contribution in [2.45, 2.75) is 32.7 Å². The van der Waals surface area contributed by atoms with Gasteiger partial charge in [0.25, 0.3) is 0 Å². The van der Waals surface area contributed by atoms with E-state index in [1.165, 1.54) is 7.11 Å². The van der Waals surface area contributed by atoms with Gasteiger partial charge in [-0.2, -0.15) is 0 Å². The van der Waals surface area contributed by atoms with Crippen LogP contribution in [0.1, 0.15) is 25.3 Å². The molecule has 0 heterocycles. The molecule has 0 bridgehead atoms. The summed E-state index contributed by atoms with van der Waals surface area (Å²) in [5, 5.41) is 9.48. The van der Waals surface area contributed by atoms with Crippen molar-refractivity contribution in [2.75, 3.05) is 23.1 Å². The predicted octanol–water partition coefficient (Wildman–Crippen LogP) is 4.44. The van der Waals surface area contributed by atoms with E-state index in [1.807, 2.05) is 31.2 Å². The van der Waals surface area contributed by atoms with E-state index in [0.717, 1.165) is 29.8 Å². The summed E-state index contributed by atoms with van der Waals surface area (Å²) in [7, 11) is 1.53. The zero-order valence-electron chi connectivity index (χ0n) is 16.1. The summed E-state index contributed by atoms with van der Waals surface area (Å²) in [6.45, 7) is 3.63. The van der Waals surface area contributed by atoms with E-state index < -0.39 is 6.04 Å². The molecule has 3 N–H and O–H groups in total. The van der Waals surface area contributed by atoms with E-state index in [0.29, 0.717) is 16.5 Å². The van der Waals surface area contributed by atoms with Crippen molar-refractivity contribution < 1.29 is 14.3 Å². The number of methoxy groups -OCH3 is 1. The number of ether oxygens (including phenoxy) is 1. The molecule has 0 aromatic heterocycles. The first kappa shape index (κ1) is 20.0. The maximum Gasteiger partial charge on any atom is 0.246 e. The second kappa shape index (κ2) is 8.52. The van der Waals surface area contributed by atoms with Crippen LogP contribution < -0.4 is 20.7 Å². The molecule has 1 aliphatic carbocycles. The van der Waals surface area contributed by atoms with Gasteiger partial charge in [-0.05, 0) is 62.6 Å². The minimum Gasteiger partial charge on any atom is -0.495 e. The number of carbonyl (C=O) groups excluding carboxylic acids is 2. The molecule has 0 aliphatic heterocycles. The lowest BCUT2D eigenvalue weighted by Crippen LogP contribution is -2.32. The Balaban J connectivity index is 1.59. The highest BCUT2D eigenvalue weighted by Gasteiger charge is 2.29. The van der Waals surface area contributed by atoms with Gasteiger partial charge in [-0.1, -0.05) is 11.6 Å². The molecule has 2 amide bonds. The second-order valence-corrected chi connectivity index (χ2v) is 7.41. The Morgan fingerprint density at radius 3 is 2.36 bits per heavy atom. The maximum atomic E-state index is 12.6. The maximum absolute atomic E-state index is 12.6. The predicted molar refractivity (Wildman–Crippen MR) is 112 cm³/mol. The van der Waals surface area contributed by atoms with Crippen molar-refractivity contribution in [3.63, 3.8) is 0 Å². The van der Waals surface area contributed by atoms with Crippen LogP contribution in [-0.4, -0.2) is 25.0 Å². The highest BCUT2D eigenvalue weighted by molar-refractivity contribution is 6.31. The zero-order valence-corrected chi connectivity index (χ0v) is 16.9. The zero-order chi connectivity index (χ0) is 20.3. The fourth-order valence-corrected chi connectivity index (χ4v) is 2.88. The second-order valence-electron chi connectivity index (χ2n) is 7.00. The number of aryl methyl sites for hydroxylation is 1. The van der Waals surface area contributed by atoms with Gasteiger partial charge in [0, 0.05) is 28.4 Å². The third-order valence-corrected chi connectivity index (χ3v) is 5.02. The molecule has 0 spiro atoms. The van der Waals surface area contributed by atoms with Crippen LogP contribution in [0.25, 0.3) is 0 Å². The topological polar surface area (TPSA) is 79.5 Å². The Bertz CT molecular complexity index is 879. The number of rotatable bonds is 7. The summed E-state index contributed by atoms with van der Waals surface area (Å²) >= 11 is 6.10. The third-order valence-electron chi connectivity index (χ3n) is 4.62. The van der Waals surface area contributed by atoms with Crippen molar-refractivity contribution >= 4 is 40.5 Å². The smallest absolute Gasteiger partial charge is 0.246 e. The highest BCUT2D eigenvalue weighted by atomic mass is 35.5. The van der Waals surface area contributed by atoms with E-state index in [-0.39, 0.29) is 17.7 Å². The lowest BCUT2D eigenvalue weighted by atomic mass is 10.2. The quantitative estimate of drug-likeness (QED) is 0.640. The molecule has 2 aromatic carbocycles. The molecule has 1 saturated carbocycles. The van der Waals surface area contributed by atoms with Gasteiger partial charge in [0.15, 0.2) is 0 Å². The van der Waals surface area contributed by atoms with E-state index in [2.05, 4.69) is 16.0 Å². The lowest BCUT2D eigenvalue weighted by molar-refractivity contribution is -0.117. The number of carbonyl (C=O) groups is 2. The van der Waals surface area contributed by atoms with Crippen molar-refractivity contribution in [1.29, 1.82) is 0 Å². The van der Waals surface area contributed by atoms with Crippen molar-refractivity contribution in [2.24, 2.45) is 5.92 Å². The number of anilines is 3. The van der Waals surface area contributed by atoms with E-state index >= 15 is 0 Å². The van der Waals surface area contributed by atoms with Crippen LogP contribution in [0.2, 0.25) is 5.02 Å². The summed E-state index contributed by atoms with van der Waals surface area (Å²) in [5.74, 6) is 0.536. The molecule has 1 atom stereocenters. The third kappa shape index (κ3) is 4.95. The molecular weight excluding hydrogens is 378 g/mol. The first-order chi connectivity index (χ1) is 13.4. The monoisotopic (exact) mass is 401 g/mol. The highest BCUT2D eigenvalue weighted by Crippen LogP contribution is 2.31. The fraction of sp³-hybridized carbons (Fsp3) is 0.333. The lowest BCUT2D eigenvalue weighted by Gasteiger charge is -2.17. The fourth-order valence-electron chi connectivity index (χ4n) is 2.73. The standard InChI is InChI=1S/C21H24ClN3O3/c1-12-10-18(19(28-3)11-17(12)22)25-20(26)13(2)23-15-6-8-16(9-7-15)24-21(27)14-4-5-14/h6-11,13-14,23H,4-5H2,1-3H3,(H,24,27)(H,25,26)/t13-/m0/s1. The Kier molecular flexibility index (Phi) is 6.09. The number of hydrogen-bond acceptors (Lipinski definition) is 4. The number of nitrogens with one attached hydrogen (secondary N) is 3. The van der Waals surface area contributed by atoms with Crippen molar-refractivity contribution in [3.8, 4) is 5.75 Å². The molecule has 6 nitrogen and oxygen atoms in total. The van der Waals surface area contributed by atoms with Crippen LogP contribution >= 0.6 is 11.6 Å². The number of benzene rings is 2. The molecule has 2 aromatic rings. The normalized spacial score (nSPS) is 14.1. The molecule has 0 unspecified atom stereocenters. The number of hydrogen-bond donors (Lipinski definition) is 3. The number of amides is 2. The van der Waals surface area contributed by atoms with Gasteiger partial charge < -0.3 is 20.7 Å². The van der Waals surface area contributed by atoms with Gasteiger partial charge in [0.2, 0.25) is 11.8 Å². The summed E-state index contributed by atoms with van der Waals surface area (Å²) in [6.07, 6.45) is 1.94. The molecule has 1 aliphatic rings. The molecule has 148 valence electrons. The van der Waals surface area contributed by atoms with E-state index in [4.69, 9.17) is 16.3 Å². The van der Waals surface area contributed by atoms with Crippen LogP contribution in [0.5, 0.6) is 5.75 Å². The van der Waals surface area contributed by atoms with Crippen LogP contribution in [0.4, 0.5) is 17.1 Å². The largest absolute Gasteiger partial charge is 0.495 e. The molecule has 7 heteroatoms. The minimum atomic E-state index is -0.479. The van der Waals surface area contributed by atoms with Gasteiger partial charge in [-0.25, -0.2) is 0 Å². The summed E-state index contributed by atoms with van der Waals surface area (Å²) in [6, 6.07) is 10.3. The summed E-state index contributed by atoms with van der Waals surface area (Å²) in [4.78, 5) is 24.4. The number of halogens is 1. The molecule has 0 radical (unpaired) electrons. The van der Waals surface area contributed by atoms with E-state index in [9.17, 15) is 9.59 Å². The van der Waals surface area contributed by atoms with Gasteiger partial charge in [-0.3, -0.25) is 9.59 Å². The average molecular weight is 402 g/mol. The van der Waals surface area contributed by atoms with Crippen LogP contribution in [0.15, 0.2) is 36.4 Å². The van der Waals surface area contributed by atoms with Crippen molar-refractivity contribution in [3.05, 3.63) is 47.0 Å². The summed E-state index contributed by atoms with van der Waals surface area (Å²) in [5.41, 5.74) is 2.95. The van der Waals surface area contributed by atoms with Gasteiger partial charge in [-0.15, -0.1) is 0 Å². The van der Waals surface area contributed by atoms with Crippen LogP contribution in [0.3, 0.4) is 0 Å². The molecule has 0 saturated heterocycles. The van der Waals surface area contributed by atoms with Gasteiger partial charge >= 0.3 is 0 Å². The molecule has 1 fully saturated rings. The Morgan fingerprint density at radius 2 is 1.75 bits per heavy atom. The van der Waals surface area contributed by atoms with Crippen molar-refractivity contribution in [1.82, 2.24) is 0 Å². The first-order valence-corrected chi connectivity index (χ1v) is 9.57. The molecule has 28 heavy (non-hydrogen) atoms. The Hall–Kier alpha value is -2.73. The minimum absolute atomic E-state index is 0.0701. The average Bonchev–Trinajstić information content (AvgIpc) is 3.51. The molecule has 3 rings (SSSR count). The van der Waals surface area contributed by atoms with Gasteiger partial charge in [0.1, 0.15) is 11.8 Å². The Morgan fingerprint density at radius 1 is 1.11 bits per heavy atom. The first-order valence-electron chi connectivity index (χ1n) is 9.20. The molecular formula is C21H24ClN3O3. The van der Waals surface area contributed by atoms with Crippen LogP contribution in [-0.2, 0) is 9.59 Å². The van der Waals surface area contributed by atoms with Crippen LogP contribution in [0, 0.1) is 12.8 Å².